The van der Waals surface area contributed by atoms with E-state index in [9.17, 15) is 0 Å². The zero-order chi connectivity index (χ0) is 11.3. The molecule has 0 N–H and O–H groups in total. The zero-order valence-corrected chi connectivity index (χ0v) is 11.0. The van der Waals surface area contributed by atoms with E-state index < -0.39 is 0 Å². The van der Waals surface area contributed by atoms with E-state index in [4.69, 9.17) is 0 Å². The first-order valence-electron chi connectivity index (χ1n) is 6.50. The van der Waals surface area contributed by atoms with Gasteiger partial charge in [0.25, 0.3) is 0 Å². The van der Waals surface area contributed by atoms with Gasteiger partial charge in [-0.3, -0.25) is 0 Å². The Morgan fingerprint density at radius 1 is 1.00 bits per heavy atom. The SMILES string of the molecule is CC(C)C(C)CCCN1CCN(C)CC1. The van der Waals surface area contributed by atoms with E-state index in [1.807, 2.05) is 0 Å². The van der Waals surface area contributed by atoms with Crippen LogP contribution in [0.5, 0.6) is 0 Å². The van der Waals surface area contributed by atoms with Crippen LogP contribution in [0.15, 0.2) is 0 Å². The molecule has 90 valence electrons. The second-order valence-electron chi connectivity index (χ2n) is 5.51. The van der Waals surface area contributed by atoms with Gasteiger partial charge in [-0.1, -0.05) is 20.8 Å². The molecule has 15 heavy (non-hydrogen) atoms. The van der Waals surface area contributed by atoms with Gasteiger partial charge in [0, 0.05) is 26.2 Å². The first kappa shape index (κ1) is 13.0. The molecular formula is C13H28N2. The monoisotopic (exact) mass is 212 g/mol. The van der Waals surface area contributed by atoms with Gasteiger partial charge < -0.3 is 9.80 Å². The van der Waals surface area contributed by atoms with E-state index in [1.165, 1.54) is 45.6 Å². The van der Waals surface area contributed by atoms with Crippen LogP contribution < -0.4 is 0 Å². The van der Waals surface area contributed by atoms with Gasteiger partial charge >= 0.3 is 0 Å². The highest BCUT2D eigenvalue weighted by Crippen LogP contribution is 2.16. The summed E-state index contributed by atoms with van der Waals surface area (Å²) in [5.41, 5.74) is 0. The quantitative estimate of drug-likeness (QED) is 0.690. The molecule has 1 atom stereocenters. The molecule has 0 aromatic heterocycles. The van der Waals surface area contributed by atoms with Gasteiger partial charge in [-0.25, -0.2) is 0 Å². The molecule has 2 nitrogen and oxygen atoms in total. The van der Waals surface area contributed by atoms with Crippen LogP contribution in [0.4, 0.5) is 0 Å². The Balaban J connectivity index is 2.05. The smallest absolute Gasteiger partial charge is 0.0110 e. The first-order valence-corrected chi connectivity index (χ1v) is 6.50. The van der Waals surface area contributed by atoms with E-state index in [0.29, 0.717) is 0 Å². The van der Waals surface area contributed by atoms with Crippen molar-refractivity contribution in [3.63, 3.8) is 0 Å². The van der Waals surface area contributed by atoms with E-state index in [2.05, 4.69) is 37.6 Å². The molecule has 0 spiro atoms. The van der Waals surface area contributed by atoms with Gasteiger partial charge in [0.2, 0.25) is 0 Å². The first-order chi connectivity index (χ1) is 7.09. The number of rotatable bonds is 5. The van der Waals surface area contributed by atoms with Gasteiger partial charge in [0.15, 0.2) is 0 Å². The van der Waals surface area contributed by atoms with Crippen molar-refractivity contribution in [2.45, 2.75) is 33.6 Å². The zero-order valence-electron chi connectivity index (χ0n) is 11.0. The Morgan fingerprint density at radius 2 is 1.60 bits per heavy atom. The fourth-order valence-corrected chi connectivity index (χ4v) is 2.04. The summed E-state index contributed by atoms with van der Waals surface area (Å²) in [4.78, 5) is 5.04. The maximum atomic E-state index is 2.62. The molecule has 1 aliphatic rings. The summed E-state index contributed by atoms with van der Waals surface area (Å²) in [5.74, 6) is 1.73. The third-order valence-corrected chi connectivity index (χ3v) is 3.87. The largest absolute Gasteiger partial charge is 0.304 e. The predicted molar refractivity (Wildman–Crippen MR) is 67.2 cm³/mol. The maximum absolute atomic E-state index is 2.62. The predicted octanol–water partition coefficient (Wildman–Crippen LogP) is 2.31. The summed E-state index contributed by atoms with van der Waals surface area (Å²) in [6.45, 7) is 13.4. The van der Waals surface area contributed by atoms with Crippen molar-refractivity contribution in [3.05, 3.63) is 0 Å². The molecule has 1 fully saturated rings. The molecule has 0 aromatic rings. The molecule has 1 aliphatic heterocycles. The van der Waals surface area contributed by atoms with Gasteiger partial charge in [-0.05, 0) is 38.3 Å². The topological polar surface area (TPSA) is 6.48 Å². The van der Waals surface area contributed by atoms with Crippen molar-refractivity contribution >= 4 is 0 Å². The molecule has 1 rings (SSSR count). The Morgan fingerprint density at radius 3 is 2.13 bits per heavy atom. The molecule has 0 bridgehead atoms. The summed E-state index contributed by atoms with van der Waals surface area (Å²) in [5, 5.41) is 0. The molecule has 0 radical (unpaired) electrons. The van der Waals surface area contributed by atoms with E-state index in [1.54, 1.807) is 0 Å². The summed E-state index contributed by atoms with van der Waals surface area (Å²) >= 11 is 0. The van der Waals surface area contributed by atoms with Crippen molar-refractivity contribution in [1.82, 2.24) is 9.80 Å². The molecule has 0 saturated carbocycles. The second-order valence-corrected chi connectivity index (χ2v) is 5.51. The van der Waals surface area contributed by atoms with E-state index >= 15 is 0 Å². The number of likely N-dealkylation sites (N-methyl/N-ethyl adjacent to an activating group) is 1. The maximum Gasteiger partial charge on any atom is 0.0110 e. The lowest BCUT2D eigenvalue weighted by Crippen LogP contribution is -2.44. The number of hydrogen-bond donors (Lipinski definition) is 0. The minimum absolute atomic E-state index is 0.845. The van der Waals surface area contributed by atoms with Crippen LogP contribution in [0, 0.1) is 11.8 Å². The Labute approximate surface area is 95.6 Å². The van der Waals surface area contributed by atoms with Gasteiger partial charge in [-0.15, -0.1) is 0 Å². The summed E-state index contributed by atoms with van der Waals surface area (Å²) in [6, 6.07) is 0. The average Bonchev–Trinajstić information content (AvgIpc) is 2.20. The highest BCUT2D eigenvalue weighted by Gasteiger charge is 2.13. The van der Waals surface area contributed by atoms with Crippen molar-refractivity contribution in [2.75, 3.05) is 39.8 Å². The highest BCUT2D eigenvalue weighted by molar-refractivity contribution is 4.69. The van der Waals surface area contributed by atoms with Crippen LogP contribution in [0.2, 0.25) is 0 Å². The Bertz CT molecular complexity index is 160. The summed E-state index contributed by atoms with van der Waals surface area (Å²) in [6.07, 6.45) is 2.77. The number of nitrogens with zero attached hydrogens (tertiary/aromatic N) is 2. The van der Waals surface area contributed by atoms with Crippen molar-refractivity contribution in [3.8, 4) is 0 Å². The lowest BCUT2D eigenvalue weighted by molar-refractivity contribution is 0.149. The molecular weight excluding hydrogens is 184 g/mol. The van der Waals surface area contributed by atoms with Crippen LogP contribution in [-0.2, 0) is 0 Å². The number of piperazine rings is 1. The van der Waals surface area contributed by atoms with Crippen molar-refractivity contribution in [1.29, 1.82) is 0 Å². The summed E-state index contributed by atoms with van der Waals surface area (Å²) in [7, 11) is 2.22. The minimum Gasteiger partial charge on any atom is -0.304 e. The Hall–Kier alpha value is -0.0800. The van der Waals surface area contributed by atoms with Crippen LogP contribution in [-0.4, -0.2) is 49.6 Å². The molecule has 0 aromatic carbocycles. The molecule has 0 amide bonds. The molecule has 2 heteroatoms. The average molecular weight is 212 g/mol. The van der Waals surface area contributed by atoms with Crippen molar-refractivity contribution in [2.24, 2.45) is 11.8 Å². The molecule has 0 aliphatic carbocycles. The summed E-state index contributed by atoms with van der Waals surface area (Å²) < 4.78 is 0. The Kier molecular flexibility index (Phi) is 5.62. The molecule has 1 heterocycles. The lowest BCUT2D eigenvalue weighted by Gasteiger charge is -2.32. The normalized spacial score (nSPS) is 22.2. The van der Waals surface area contributed by atoms with Gasteiger partial charge in [0.05, 0.1) is 0 Å². The highest BCUT2D eigenvalue weighted by atomic mass is 15.2. The fourth-order valence-electron chi connectivity index (χ4n) is 2.04. The fraction of sp³-hybridized carbons (Fsp3) is 1.00. The van der Waals surface area contributed by atoms with Crippen LogP contribution >= 0.6 is 0 Å². The van der Waals surface area contributed by atoms with Gasteiger partial charge in [-0.2, -0.15) is 0 Å². The number of hydrogen-bond acceptors (Lipinski definition) is 2. The third kappa shape index (κ3) is 4.98. The van der Waals surface area contributed by atoms with Crippen LogP contribution in [0.3, 0.4) is 0 Å². The minimum atomic E-state index is 0.845. The van der Waals surface area contributed by atoms with E-state index in [-0.39, 0.29) is 0 Å². The van der Waals surface area contributed by atoms with Crippen LogP contribution in [0.25, 0.3) is 0 Å². The van der Waals surface area contributed by atoms with Crippen LogP contribution in [0.1, 0.15) is 33.6 Å². The molecule has 1 unspecified atom stereocenters. The van der Waals surface area contributed by atoms with E-state index in [0.717, 1.165) is 11.8 Å². The molecule has 1 saturated heterocycles. The standard InChI is InChI=1S/C13H28N2/c1-12(2)13(3)6-5-7-15-10-8-14(4)9-11-15/h12-13H,5-11H2,1-4H3. The lowest BCUT2D eigenvalue weighted by atomic mass is 9.93. The second kappa shape index (κ2) is 6.49. The third-order valence-electron chi connectivity index (χ3n) is 3.87. The van der Waals surface area contributed by atoms with Crippen molar-refractivity contribution < 1.29 is 0 Å². The van der Waals surface area contributed by atoms with Gasteiger partial charge in [0.1, 0.15) is 0 Å².